The second kappa shape index (κ2) is 5.84. The molecule has 0 unspecified atom stereocenters. The van der Waals surface area contributed by atoms with Crippen LogP contribution in [0.4, 0.5) is 0 Å². The highest BCUT2D eigenvalue weighted by atomic mass is 79.9. The van der Waals surface area contributed by atoms with Crippen LogP contribution in [0.2, 0.25) is 0 Å². The molecule has 0 heterocycles. The Bertz CT molecular complexity index is 815. The van der Waals surface area contributed by atoms with Crippen molar-refractivity contribution in [3.63, 3.8) is 0 Å². The summed E-state index contributed by atoms with van der Waals surface area (Å²) < 4.78 is 6.86. The smallest absolute Gasteiger partial charge is 0.142 e. The van der Waals surface area contributed by atoms with E-state index < -0.39 is 0 Å². The third kappa shape index (κ3) is 2.91. The van der Waals surface area contributed by atoms with Gasteiger partial charge in [-0.25, -0.2) is 0 Å². The van der Waals surface area contributed by atoms with E-state index in [0.29, 0.717) is 4.99 Å². The van der Waals surface area contributed by atoms with Crippen molar-refractivity contribution in [1.82, 2.24) is 0 Å². The first-order chi connectivity index (χ1) is 10.1. The number of ether oxygens (including phenoxy) is 1. The first-order valence-corrected chi connectivity index (χ1v) is 7.60. The van der Waals surface area contributed by atoms with Crippen LogP contribution < -0.4 is 10.5 Å². The molecule has 3 rings (SSSR count). The molecule has 4 heteroatoms. The van der Waals surface area contributed by atoms with Crippen molar-refractivity contribution in [1.29, 1.82) is 0 Å². The minimum atomic E-state index is 0.383. The molecule has 0 aliphatic rings. The lowest BCUT2D eigenvalue weighted by molar-refractivity contribution is 0.480. The van der Waals surface area contributed by atoms with Crippen molar-refractivity contribution in [2.45, 2.75) is 0 Å². The summed E-state index contributed by atoms with van der Waals surface area (Å²) in [4.78, 5) is 0.383. The van der Waals surface area contributed by atoms with Gasteiger partial charge in [-0.2, -0.15) is 0 Å². The summed E-state index contributed by atoms with van der Waals surface area (Å²) >= 11 is 8.55. The Morgan fingerprint density at radius 1 is 0.952 bits per heavy atom. The minimum Gasteiger partial charge on any atom is -0.456 e. The van der Waals surface area contributed by atoms with E-state index in [2.05, 4.69) is 28.1 Å². The fourth-order valence-corrected chi connectivity index (χ4v) is 2.82. The predicted octanol–water partition coefficient (Wildman–Crippen LogP) is 5.03. The third-order valence-electron chi connectivity index (χ3n) is 3.19. The average Bonchev–Trinajstić information content (AvgIpc) is 2.51. The van der Waals surface area contributed by atoms with E-state index in [0.717, 1.165) is 26.9 Å². The SMILES string of the molecule is NC(=S)c1ccc(Oc2ccc3ccccc3c2Br)cc1. The zero-order valence-electron chi connectivity index (χ0n) is 11.0. The van der Waals surface area contributed by atoms with E-state index in [9.17, 15) is 0 Å². The maximum Gasteiger partial charge on any atom is 0.142 e. The molecule has 2 nitrogen and oxygen atoms in total. The number of thiocarbonyl (C=S) groups is 1. The summed E-state index contributed by atoms with van der Waals surface area (Å²) in [6, 6.07) is 19.6. The number of halogens is 1. The zero-order valence-corrected chi connectivity index (χ0v) is 13.4. The van der Waals surface area contributed by atoms with Gasteiger partial charge in [-0.1, -0.05) is 42.5 Å². The highest BCUT2D eigenvalue weighted by Gasteiger charge is 2.07. The van der Waals surface area contributed by atoms with Crippen LogP contribution in [-0.4, -0.2) is 4.99 Å². The lowest BCUT2D eigenvalue weighted by atomic mass is 10.1. The van der Waals surface area contributed by atoms with E-state index in [1.54, 1.807) is 0 Å². The molecule has 0 spiro atoms. The number of hydrogen-bond acceptors (Lipinski definition) is 2. The molecular weight excluding hydrogens is 346 g/mol. The van der Waals surface area contributed by atoms with Gasteiger partial charge in [0.15, 0.2) is 0 Å². The van der Waals surface area contributed by atoms with Crippen molar-refractivity contribution >= 4 is 43.9 Å². The summed E-state index contributed by atoms with van der Waals surface area (Å²) in [6.07, 6.45) is 0. The summed E-state index contributed by atoms with van der Waals surface area (Å²) in [5, 5.41) is 2.29. The third-order valence-corrected chi connectivity index (χ3v) is 4.25. The van der Waals surface area contributed by atoms with E-state index in [-0.39, 0.29) is 0 Å². The van der Waals surface area contributed by atoms with Gasteiger partial charge in [-0.05, 0) is 57.0 Å². The van der Waals surface area contributed by atoms with Gasteiger partial charge >= 0.3 is 0 Å². The minimum absolute atomic E-state index is 0.383. The van der Waals surface area contributed by atoms with E-state index in [4.69, 9.17) is 22.7 Å². The second-order valence-corrected chi connectivity index (χ2v) is 5.82. The Morgan fingerprint density at radius 2 is 1.67 bits per heavy atom. The van der Waals surface area contributed by atoms with Crippen LogP contribution in [0.3, 0.4) is 0 Å². The molecule has 3 aromatic carbocycles. The normalized spacial score (nSPS) is 10.5. The summed E-state index contributed by atoms with van der Waals surface area (Å²) in [7, 11) is 0. The van der Waals surface area contributed by atoms with Crippen molar-refractivity contribution in [2.75, 3.05) is 0 Å². The van der Waals surface area contributed by atoms with Gasteiger partial charge in [0.25, 0.3) is 0 Å². The molecule has 0 saturated heterocycles. The van der Waals surface area contributed by atoms with Crippen LogP contribution in [0.15, 0.2) is 65.1 Å². The van der Waals surface area contributed by atoms with E-state index in [1.165, 1.54) is 5.39 Å². The predicted molar refractivity (Wildman–Crippen MR) is 94.1 cm³/mol. The summed E-state index contributed by atoms with van der Waals surface area (Å²) in [5.41, 5.74) is 6.41. The Labute approximate surface area is 136 Å². The van der Waals surface area contributed by atoms with Crippen molar-refractivity contribution in [2.24, 2.45) is 5.73 Å². The van der Waals surface area contributed by atoms with Gasteiger partial charge in [0.2, 0.25) is 0 Å². The molecule has 0 atom stereocenters. The Kier molecular flexibility index (Phi) is 3.90. The van der Waals surface area contributed by atoms with Crippen molar-refractivity contribution in [3.05, 3.63) is 70.7 Å². The van der Waals surface area contributed by atoms with Crippen LogP contribution in [0.1, 0.15) is 5.56 Å². The molecular formula is C17H12BrNOS. The van der Waals surface area contributed by atoms with Gasteiger partial charge in [-0.3, -0.25) is 0 Å². The molecule has 0 aliphatic heterocycles. The summed E-state index contributed by atoms with van der Waals surface area (Å²) in [6.45, 7) is 0. The van der Waals surface area contributed by atoms with E-state index >= 15 is 0 Å². The molecule has 3 aromatic rings. The number of hydrogen-bond donors (Lipinski definition) is 1. The number of fused-ring (bicyclic) bond motifs is 1. The quantitative estimate of drug-likeness (QED) is 0.667. The van der Waals surface area contributed by atoms with Gasteiger partial charge in [-0.15, -0.1) is 0 Å². The number of benzene rings is 3. The second-order valence-electron chi connectivity index (χ2n) is 4.59. The molecule has 0 radical (unpaired) electrons. The van der Waals surface area contributed by atoms with Gasteiger partial charge < -0.3 is 10.5 Å². The van der Waals surface area contributed by atoms with Crippen LogP contribution in [-0.2, 0) is 0 Å². The number of nitrogens with two attached hydrogens (primary N) is 1. The fourth-order valence-electron chi connectivity index (χ4n) is 2.11. The summed E-state index contributed by atoms with van der Waals surface area (Å²) in [5.74, 6) is 1.52. The monoisotopic (exact) mass is 357 g/mol. The Balaban J connectivity index is 1.94. The molecule has 2 N–H and O–H groups in total. The molecule has 0 amide bonds. The Morgan fingerprint density at radius 3 is 2.38 bits per heavy atom. The Hall–Kier alpha value is -1.91. The lowest BCUT2D eigenvalue weighted by Gasteiger charge is -2.10. The van der Waals surface area contributed by atoms with Gasteiger partial charge in [0.1, 0.15) is 16.5 Å². The average molecular weight is 358 g/mol. The largest absolute Gasteiger partial charge is 0.456 e. The topological polar surface area (TPSA) is 35.2 Å². The lowest BCUT2D eigenvalue weighted by Crippen LogP contribution is -2.08. The van der Waals surface area contributed by atoms with Gasteiger partial charge in [0, 0.05) is 5.56 Å². The van der Waals surface area contributed by atoms with Gasteiger partial charge in [0.05, 0.1) is 4.47 Å². The van der Waals surface area contributed by atoms with Crippen molar-refractivity contribution in [3.8, 4) is 11.5 Å². The van der Waals surface area contributed by atoms with Crippen LogP contribution >= 0.6 is 28.1 Å². The molecule has 104 valence electrons. The molecule has 0 saturated carbocycles. The molecule has 0 fully saturated rings. The highest BCUT2D eigenvalue weighted by molar-refractivity contribution is 9.10. The highest BCUT2D eigenvalue weighted by Crippen LogP contribution is 2.35. The maximum absolute atomic E-state index is 5.92. The standard InChI is InChI=1S/C17H12BrNOS/c18-16-14-4-2-1-3-11(14)7-10-15(16)20-13-8-5-12(6-9-13)17(19)21/h1-10H,(H2,19,21). The molecule has 21 heavy (non-hydrogen) atoms. The number of rotatable bonds is 3. The maximum atomic E-state index is 5.92. The molecule has 0 aromatic heterocycles. The zero-order chi connectivity index (χ0) is 14.8. The molecule has 0 aliphatic carbocycles. The van der Waals surface area contributed by atoms with Crippen LogP contribution in [0, 0.1) is 0 Å². The van der Waals surface area contributed by atoms with Crippen molar-refractivity contribution < 1.29 is 4.74 Å². The first kappa shape index (κ1) is 14.0. The fraction of sp³-hybridized carbons (Fsp3) is 0. The molecule has 0 bridgehead atoms. The van der Waals surface area contributed by atoms with Crippen LogP contribution in [0.5, 0.6) is 11.5 Å². The van der Waals surface area contributed by atoms with Crippen LogP contribution in [0.25, 0.3) is 10.8 Å². The first-order valence-electron chi connectivity index (χ1n) is 6.40. The van der Waals surface area contributed by atoms with E-state index in [1.807, 2.05) is 48.5 Å².